The van der Waals surface area contributed by atoms with Gasteiger partial charge in [0, 0.05) is 80.4 Å². The molecule has 3 aliphatic rings. The number of carbonyl (C=O) groups is 4. The molecule has 0 bridgehead atoms. The summed E-state index contributed by atoms with van der Waals surface area (Å²) in [5, 5.41) is 4.12. The van der Waals surface area contributed by atoms with E-state index in [1.54, 1.807) is 9.80 Å². The average molecular weight is 743 g/mol. The maximum atomic E-state index is 14.0. The van der Waals surface area contributed by atoms with Crippen LogP contribution in [0.15, 0.2) is 127 Å². The molecular formula is C47H42N4O5. The van der Waals surface area contributed by atoms with Crippen molar-refractivity contribution >= 4 is 45.2 Å². The Kier molecular flexibility index (Phi) is 9.43. The molecule has 9 rings (SSSR count). The van der Waals surface area contributed by atoms with E-state index in [4.69, 9.17) is 4.74 Å². The fourth-order valence-electron chi connectivity index (χ4n) is 8.69. The third kappa shape index (κ3) is 6.53. The summed E-state index contributed by atoms with van der Waals surface area (Å²) in [6.45, 7) is 3.79. The van der Waals surface area contributed by atoms with Crippen LogP contribution in [0.25, 0.3) is 21.5 Å². The number of hydrogen-bond acceptors (Lipinski definition) is 5. The molecular weight excluding hydrogens is 701 g/mol. The van der Waals surface area contributed by atoms with Gasteiger partial charge in [0.1, 0.15) is 5.75 Å². The van der Waals surface area contributed by atoms with Gasteiger partial charge in [0.25, 0.3) is 23.6 Å². The van der Waals surface area contributed by atoms with Crippen molar-refractivity contribution in [2.45, 2.75) is 12.3 Å². The molecule has 1 aliphatic carbocycles. The number of ether oxygens (including phenoxy) is 1. The molecule has 0 radical (unpaired) electrons. The standard InChI is InChI=1S/C47H42N4O5/c52-43(48-22-24-49(25-23-48)45(53)32-10-3-1-4-11-32)31-56-42-21-20-36(35-15-7-8-16-37(35)42)41-30-34-14-9-17-38-40(19-18-39(41)44(34)38)47(55)51-28-26-50(27-29-51)46(54)33-12-5-2-6-13-33/h1-21,41H,22-31H2. The van der Waals surface area contributed by atoms with Crippen LogP contribution in [-0.2, 0) is 11.2 Å². The lowest BCUT2D eigenvalue weighted by molar-refractivity contribution is -0.134. The lowest BCUT2D eigenvalue weighted by Crippen LogP contribution is -2.51. The molecule has 2 heterocycles. The summed E-state index contributed by atoms with van der Waals surface area (Å²) in [5.41, 5.74) is 5.61. The fraction of sp³-hybridized carbons (Fsp3) is 0.234. The third-order valence-electron chi connectivity index (χ3n) is 11.6. The lowest BCUT2D eigenvalue weighted by Gasteiger charge is -2.35. The van der Waals surface area contributed by atoms with E-state index in [2.05, 4.69) is 30.3 Å². The van der Waals surface area contributed by atoms with Gasteiger partial charge in [-0.3, -0.25) is 19.2 Å². The van der Waals surface area contributed by atoms with E-state index in [-0.39, 0.29) is 36.2 Å². The van der Waals surface area contributed by atoms with E-state index in [0.717, 1.165) is 28.0 Å². The highest BCUT2D eigenvalue weighted by Crippen LogP contribution is 2.46. The number of piperazine rings is 2. The van der Waals surface area contributed by atoms with E-state index >= 15 is 0 Å². The van der Waals surface area contributed by atoms with Gasteiger partial charge in [0.15, 0.2) is 6.61 Å². The highest BCUT2D eigenvalue weighted by atomic mass is 16.5. The minimum atomic E-state index is -0.101. The Bertz CT molecular complexity index is 2470. The fourth-order valence-corrected chi connectivity index (χ4v) is 8.69. The van der Waals surface area contributed by atoms with Crippen molar-refractivity contribution in [2.24, 2.45) is 0 Å². The minimum absolute atomic E-state index is 0.00156. The molecule has 0 saturated carbocycles. The molecule has 1 atom stereocenters. The zero-order valence-electron chi connectivity index (χ0n) is 31.1. The van der Waals surface area contributed by atoms with E-state index in [9.17, 15) is 19.2 Å². The lowest BCUT2D eigenvalue weighted by atomic mass is 9.87. The predicted octanol–water partition coefficient (Wildman–Crippen LogP) is 6.64. The van der Waals surface area contributed by atoms with Gasteiger partial charge in [-0.2, -0.15) is 0 Å². The van der Waals surface area contributed by atoms with Crippen molar-refractivity contribution in [1.82, 2.24) is 19.6 Å². The Hall–Kier alpha value is -6.48. The Balaban J connectivity index is 0.891. The van der Waals surface area contributed by atoms with Gasteiger partial charge in [-0.15, -0.1) is 0 Å². The number of rotatable bonds is 7. The quantitative estimate of drug-likeness (QED) is 0.183. The van der Waals surface area contributed by atoms with Crippen LogP contribution in [0.2, 0.25) is 0 Å². The molecule has 280 valence electrons. The summed E-state index contributed by atoms with van der Waals surface area (Å²) in [7, 11) is 0. The Labute approximate surface area is 325 Å². The summed E-state index contributed by atoms with van der Waals surface area (Å²) in [4.78, 5) is 60.5. The molecule has 0 spiro atoms. The Morgan fingerprint density at radius 2 is 1.00 bits per heavy atom. The molecule has 56 heavy (non-hydrogen) atoms. The van der Waals surface area contributed by atoms with E-state index < -0.39 is 0 Å². The van der Waals surface area contributed by atoms with Crippen LogP contribution in [0, 0.1) is 0 Å². The number of amides is 4. The van der Waals surface area contributed by atoms with Crippen molar-refractivity contribution in [3.63, 3.8) is 0 Å². The molecule has 0 N–H and O–H groups in total. The van der Waals surface area contributed by atoms with Crippen molar-refractivity contribution in [3.05, 3.63) is 161 Å². The molecule has 9 nitrogen and oxygen atoms in total. The Morgan fingerprint density at radius 3 is 1.62 bits per heavy atom. The number of fused-ring (bicyclic) bond motifs is 1. The SMILES string of the molecule is O=C(COc1ccc(C2Cc3cccc4c(C(=O)N5CCN(C(=O)c6ccccc6)CC5)ccc2c34)c2ccccc12)N1CCN(C(=O)c2ccccc2)CC1. The van der Waals surface area contributed by atoms with Crippen LogP contribution < -0.4 is 4.74 Å². The molecule has 2 aliphatic heterocycles. The van der Waals surface area contributed by atoms with Crippen molar-refractivity contribution in [1.29, 1.82) is 0 Å². The maximum Gasteiger partial charge on any atom is 0.260 e. The normalized spacial score (nSPS) is 16.7. The van der Waals surface area contributed by atoms with Crippen LogP contribution in [0.4, 0.5) is 0 Å². The van der Waals surface area contributed by atoms with E-state index in [1.807, 2.05) is 107 Å². The predicted molar refractivity (Wildman–Crippen MR) is 216 cm³/mol. The van der Waals surface area contributed by atoms with Gasteiger partial charge < -0.3 is 24.3 Å². The number of carbonyl (C=O) groups excluding carboxylic acids is 4. The van der Waals surface area contributed by atoms with Crippen LogP contribution in [-0.4, -0.2) is 102 Å². The molecule has 6 aromatic rings. The average Bonchev–Trinajstić information content (AvgIpc) is 3.65. The zero-order chi connectivity index (χ0) is 38.2. The van der Waals surface area contributed by atoms with Crippen molar-refractivity contribution in [2.75, 3.05) is 59.0 Å². The monoisotopic (exact) mass is 742 g/mol. The highest BCUT2D eigenvalue weighted by molar-refractivity contribution is 6.10. The summed E-state index contributed by atoms with van der Waals surface area (Å²) < 4.78 is 6.22. The second-order valence-electron chi connectivity index (χ2n) is 14.8. The molecule has 2 fully saturated rings. The van der Waals surface area contributed by atoms with Gasteiger partial charge in [-0.1, -0.05) is 91.0 Å². The topological polar surface area (TPSA) is 90.5 Å². The molecule has 2 saturated heterocycles. The highest BCUT2D eigenvalue weighted by Gasteiger charge is 2.32. The van der Waals surface area contributed by atoms with Gasteiger partial charge in [-0.05, 0) is 75.7 Å². The smallest absolute Gasteiger partial charge is 0.260 e. The van der Waals surface area contributed by atoms with Gasteiger partial charge >= 0.3 is 0 Å². The van der Waals surface area contributed by atoms with Gasteiger partial charge in [-0.25, -0.2) is 0 Å². The summed E-state index contributed by atoms with van der Waals surface area (Å²) in [6, 6.07) is 41.2. The first-order chi connectivity index (χ1) is 27.4. The van der Waals surface area contributed by atoms with Crippen LogP contribution in [0.5, 0.6) is 5.75 Å². The molecule has 9 heteroatoms. The molecule has 6 aromatic carbocycles. The first kappa shape index (κ1) is 35.2. The summed E-state index contributed by atoms with van der Waals surface area (Å²) in [5.74, 6) is 0.617. The molecule has 4 amide bonds. The second-order valence-corrected chi connectivity index (χ2v) is 14.8. The first-order valence-corrected chi connectivity index (χ1v) is 19.4. The molecule has 1 unspecified atom stereocenters. The van der Waals surface area contributed by atoms with Crippen LogP contribution in [0.1, 0.15) is 53.7 Å². The number of benzene rings is 6. The maximum absolute atomic E-state index is 14.0. The van der Waals surface area contributed by atoms with E-state index in [0.29, 0.717) is 74.8 Å². The van der Waals surface area contributed by atoms with Gasteiger partial charge in [0.2, 0.25) is 0 Å². The summed E-state index contributed by atoms with van der Waals surface area (Å²) in [6.07, 6.45) is 0.812. The van der Waals surface area contributed by atoms with Crippen molar-refractivity contribution < 1.29 is 23.9 Å². The van der Waals surface area contributed by atoms with Crippen LogP contribution in [0.3, 0.4) is 0 Å². The summed E-state index contributed by atoms with van der Waals surface area (Å²) >= 11 is 0. The number of hydrogen-bond donors (Lipinski definition) is 0. The zero-order valence-corrected chi connectivity index (χ0v) is 31.1. The van der Waals surface area contributed by atoms with Crippen LogP contribution >= 0.6 is 0 Å². The number of nitrogens with zero attached hydrogens (tertiary/aromatic N) is 4. The molecule has 0 aromatic heterocycles. The van der Waals surface area contributed by atoms with Gasteiger partial charge in [0.05, 0.1) is 0 Å². The second kappa shape index (κ2) is 15.0. The first-order valence-electron chi connectivity index (χ1n) is 19.4. The minimum Gasteiger partial charge on any atom is -0.483 e. The largest absolute Gasteiger partial charge is 0.483 e. The Morgan fingerprint density at radius 1 is 0.482 bits per heavy atom. The van der Waals surface area contributed by atoms with Crippen molar-refractivity contribution in [3.8, 4) is 5.75 Å². The third-order valence-corrected chi connectivity index (χ3v) is 11.6. The van der Waals surface area contributed by atoms with E-state index in [1.165, 1.54) is 16.7 Å².